The number of nitrogens with one attached hydrogen (secondary N) is 3. The van der Waals surface area contributed by atoms with E-state index < -0.39 is 5.97 Å². The molecule has 4 amide bonds. The third-order valence-corrected chi connectivity index (χ3v) is 7.88. The SMILES string of the molecule is CCCCCCCCCCCCCC(N)=O.O=C(O)CCCCCNC(=O)CCOCCOCCNC(=O)CCOCCOCCNC(=O)CBr. The van der Waals surface area contributed by atoms with E-state index in [0.717, 1.165) is 19.3 Å². The summed E-state index contributed by atoms with van der Waals surface area (Å²) in [6.45, 7) is 6.46. The number of primary amides is 1. The molecule has 0 aromatic carbocycles. The van der Waals surface area contributed by atoms with Crippen molar-refractivity contribution >= 4 is 45.5 Å². The fourth-order valence-electron chi connectivity index (χ4n) is 4.49. The number of nitrogens with two attached hydrogens (primary N) is 1. The first kappa shape index (κ1) is 50.8. The molecule has 0 aliphatic heterocycles. The van der Waals surface area contributed by atoms with Gasteiger partial charge in [-0.25, -0.2) is 0 Å². The number of ether oxygens (including phenoxy) is 4. The Hall–Kier alpha value is -2.33. The van der Waals surface area contributed by atoms with E-state index in [9.17, 15) is 24.0 Å². The molecular formula is C36H69BrN4O10. The van der Waals surface area contributed by atoms with E-state index >= 15 is 0 Å². The Labute approximate surface area is 314 Å². The van der Waals surface area contributed by atoms with Crippen molar-refractivity contribution in [1.29, 1.82) is 0 Å². The highest BCUT2D eigenvalue weighted by Gasteiger charge is 2.03. The topological polar surface area (TPSA) is 205 Å². The van der Waals surface area contributed by atoms with E-state index in [1.807, 2.05) is 0 Å². The van der Waals surface area contributed by atoms with Crippen LogP contribution < -0.4 is 21.7 Å². The number of aliphatic carboxylic acids is 1. The van der Waals surface area contributed by atoms with Gasteiger partial charge in [0, 0.05) is 45.3 Å². The molecule has 6 N–H and O–H groups in total. The van der Waals surface area contributed by atoms with Gasteiger partial charge in [0.05, 0.1) is 58.2 Å². The molecule has 0 heterocycles. The van der Waals surface area contributed by atoms with Crippen LogP contribution in [0.3, 0.4) is 0 Å². The molecule has 0 aromatic heterocycles. The molecule has 51 heavy (non-hydrogen) atoms. The monoisotopic (exact) mass is 796 g/mol. The number of carbonyl (C=O) groups is 5. The summed E-state index contributed by atoms with van der Waals surface area (Å²) in [6, 6.07) is 0. The van der Waals surface area contributed by atoms with Crippen LogP contribution in [-0.2, 0) is 42.9 Å². The van der Waals surface area contributed by atoms with Gasteiger partial charge in [0.15, 0.2) is 0 Å². The van der Waals surface area contributed by atoms with Gasteiger partial charge in [-0.05, 0) is 19.3 Å². The molecule has 300 valence electrons. The van der Waals surface area contributed by atoms with Crippen LogP contribution in [0.4, 0.5) is 0 Å². The lowest BCUT2D eigenvalue weighted by Gasteiger charge is -2.08. The summed E-state index contributed by atoms with van der Waals surface area (Å²) in [5.74, 6) is -1.27. The molecule has 0 bridgehead atoms. The van der Waals surface area contributed by atoms with Gasteiger partial charge in [0.25, 0.3) is 0 Å². The van der Waals surface area contributed by atoms with Crippen LogP contribution in [0.5, 0.6) is 0 Å². The molecule has 0 unspecified atom stereocenters. The van der Waals surface area contributed by atoms with Crippen molar-refractivity contribution in [3.63, 3.8) is 0 Å². The zero-order valence-corrected chi connectivity index (χ0v) is 32.9. The smallest absolute Gasteiger partial charge is 0.303 e. The minimum absolute atomic E-state index is 0.0906. The van der Waals surface area contributed by atoms with Gasteiger partial charge in [-0.3, -0.25) is 24.0 Å². The van der Waals surface area contributed by atoms with Crippen LogP contribution in [0.1, 0.15) is 122 Å². The second-order valence-electron chi connectivity index (χ2n) is 12.1. The van der Waals surface area contributed by atoms with Gasteiger partial charge in [0.1, 0.15) is 0 Å². The second kappa shape index (κ2) is 42.1. The molecule has 14 nitrogen and oxygen atoms in total. The summed E-state index contributed by atoms with van der Waals surface area (Å²) < 4.78 is 21.3. The van der Waals surface area contributed by atoms with Gasteiger partial charge in [0.2, 0.25) is 23.6 Å². The van der Waals surface area contributed by atoms with Gasteiger partial charge in [-0.2, -0.15) is 0 Å². The zero-order chi connectivity index (χ0) is 38.0. The van der Waals surface area contributed by atoms with Crippen LogP contribution in [0.25, 0.3) is 0 Å². The van der Waals surface area contributed by atoms with Crippen molar-refractivity contribution in [3.8, 4) is 0 Å². The molecule has 0 radical (unpaired) electrons. The van der Waals surface area contributed by atoms with Gasteiger partial charge in [-0.15, -0.1) is 0 Å². The number of rotatable bonds is 37. The van der Waals surface area contributed by atoms with Crippen molar-refractivity contribution in [2.24, 2.45) is 5.73 Å². The number of carboxylic acids is 1. The predicted octanol–water partition coefficient (Wildman–Crippen LogP) is 4.39. The second-order valence-corrected chi connectivity index (χ2v) is 12.6. The Bertz CT molecular complexity index is 855. The number of alkyl halides is 1. The largest absolute Gasteiger partial charge is 0.481 e. The normalized spacial score (nSPS) is 10.6. The summed E-state index contributed by atoms with van der Waals surface area (Å²) in [6.07, 6.45) is 17.8. The molecule has 0 spiro atoms. The molecular weight excluding hydrogens is 728 g/mol. The maximum Gasteiger partial charge on any atom is 0.303 e. The van der Waals surface area contributed by atoms with Crippen molar-refractivity contribution in [1.82, 2.24) is 16.0 Å². The Morgan fingerprint density at radius 2 is 0.882 bits per heavy atom. The highest BCUT2D eigenvalue weighted by atomic mass is 79.9. The summed E-state index contributed by atoms with van der Waals surface area (Å²) in [7, 11) is 0. The summed E-state index contributed by atoms with van der Waals surface area (Å²) >= 11 is 3.05. The lowest BCUT2D eigenvalue weighted by atomic mass is 10.1. The van der Waals surface area contributed by atoms with Crippen LogP contribution in [0.2, 0.25) is 0 Å². The molecule has 0 atom stereocenters. The molecule has 0 rings (SSSR count). The average Bonchev–Trinajstić information content (AvgIpc) is 3.10. The van der Waals surface area contributed by atoms with E-state index in [2.05, 4.69) is 38.8 Å². The van der Waals surface area contributed by atoms with Crippen molar-refractivity contribution in [2.75, 3.05) is 77.8 Å². The first-order valence-electron chi connectivity index (χ1n) is 18.9. The number of hydrogen-bond donors (Lipinski definition) is 5. The van der Waals surface area contributed by atoms with E-state index in [1.54, 1.807) is 0 Å². The maximum atomic E-state index is 11.7. The maximum absolute atomic E-state index is 11.7. The third-order valence-electron chi connectivity index (χ3n) is 7.37. The van der Waals surface area contributed by atoms with Crippen LogP contribution in [0.15, 0.2) is 0 Å². The van der Waals surface area contributed by atoms with Crippen molar-refractivity contribution < 1.29 is 48.0 Å². The first-order chi connectivity index (χ1) is 24.7. The third kappa shape index (κ3) is 47.7. The Kier molecular flexibility index (Phi) is 41.9. The van der Waals surface area contributed by atoms with E-state index in [0.29, 0.717) is 85.3 Å². The van der Waals surface area contributed by atoms with E-state index in [1.165, 1.54) is 64.2 Å². The zero-order valence-electron chi connectivity index (χ0n) is 31.3. The fourth-order valence-corrected chi connectivity index (χ4v) is 4.69. The van der Waals surface area contributed by atoms with Gasteiger partial charge in [-0.1, -0.05) is 93.5 Å². The Balaban J connectivity index is 0. The van der Waals surface area contributed by atoms with E-state index in [4.69, 9.17) is 29.8 Å². The Morgan fingerprint density at radius 3 is 1.33 bits per heavy atom. The average molecular weight is 798 g/mol. The molecule has 0 aliphatic carbocycles. The minimum Gasteiger partial charge on any atom is -0.481 e. The highest BCUT2D eigenvalue weighted by Crippen LogP contribution is 2.11. The number of carbonyl (C=O) groups excluding carboxylic acids is 4. The number of amides is 4. The van der Waals surface area contributed by atoms with Crippen LogP contribution in [0, 0.1) is 0 Å². The quantitative estimate of drug-likeness (QED) is 0.0443. The molecule has 0 saturated carbocycles. The summed E-state index contributed by atoms with van der Waals surface area (Å²) in [5, 5.41) is 17.0. The van der Waals surface area contributed by atoms with Crippen molar-refractivity contribution in [2.45, 2.75) is 122 Å². The Morgan fingerprint density at radius 1 is 0.490 bits per heavy atom. The van der Waals surface area contributed by atoms with Crippen LogP contribution in [-0.4, -0.2) is 113 Å². The summed E-state index contributed by atoms with van der Waals surface area (Å²) in [4.78, 5) is 55.2. The van der Waals surface area contributed by atoms with Crippen molar-refractivity contribution in [3.05, 3.63) is 0 Å². The minimum atomic E-state index is -0.800. The lowest BCUT2D eigenvalue weighted by molar-refractivity contribution is -0.137. The first-order valence-corrected chi connectivity index (χ1v) is 20.0. The molecule has 15 heteroatoms. The van der Waals surface area contributed by atoms with Crippen LogP contribution >= 0.6 is 15.9 Å². The molecule has 0 aliphatic rings. The summed E-state index contributed by atoms with van der Waals surface area (Å²) in [5.41, 5.74) is 5.07. The fraction of sp³-hybridized carbons (Fsp3) is 0.861. The van der Waals surface area contributed by atoms with Gasteiger partial charge >= 0.3 is 5.97 Å². The number of halogens is 1. The molecule has 0 fully saturated rings. The highest BCUT2D eigenvalue weighted by molar-refractivity contribution is 9.09. The number of carboxylic acid groups (broad SMARTS) is 1. The van der Waals surface area contributed by atoms with E-state index in [-0.39, 0.29) is 48.2 Å². The molecule has 0 aromatic rings. The lowest BCUT2D eigenvalue weighted by Crippen LogP contribution is -2.29. The molecule has 0 saturated heterocycles. The number of hydrogen-bond acceptors (Lipinski definition) is 9. The van der Waals surface area contributed by atoms with Gasteiger partial charge < -0.3 is 45.7 Å². The number of unbranched alkanes of at least 4 members (excludes halogenated alkanes) is 12. The predicted molar refractivity (Wildman–Crippen MR) is 202 cm³/mol. The standard InChI is InChI=1S/C22H40BrN3O9.C14H29NO/c23-18-21(29)26-9-13-35-17-15-33-11-6-20(28)25-8-12-34-16-14-32-10-5-19(27)24-7-3-1-2-4-22(30)31;1-2-3-4-5-6-7-8-9-10-11-12-13-14(15)16/h1-18H2,(H,24,27)(H,25,28)(H,26,29)(H,30,31);2-13H2,1H3,(H2,15,16).